The Hall–Kier alpha value is -2.64. The van der Waals surface area contributed by atoms with Gasteiger partial charge in [0, 0.05) is 18.3 Å². The van der Waals surface area contributed by atoms with Crippen molar-refractivity contribution < 1.29 is 14.1 Å². The molecule has 128 valence electrons. The number of hydrogen-bond acceptors (Lipinski definition) is 5. The maximum Gasteiger partial charge on any atom is 0.327 e. The van der Waals surface area contributed by atoms with Gasteiger partial charge in [-0.1, -0.05) is 12.8 Å². The quantitative estimate of drug-likeness (QED) is 0.644. The fourth-order valence-corrected chi connectivity index (χ4v) is 3.04. The second-order valence-corrected chi connectivity index (χ2v) is 5.84. The van der Waals surface area contributed by atoms with Crippen LogP contribution in [0.3, 0.4) is 0 Å². The Morgan fingerprint density at radius 3 is 2.88 bits per heavy atom. The first-order valence-electron chi connectivity index (χ1n) is 7.88. The number of ether oxygens (including phenoxy) is 1. The van der Waals surface area contributed by atoms with E-state index in [0.29, 0.717) is 6.04 Å². The number of benzene rings is 1. The summed E-state index contributed by atoms with van der Waals surface area (Å²) < 4.78 is 20.8. The van der Waals surface area contributed by atoms with Gasteiger partial charge >= 0.3 is 5.69 Å². The fraction of sp³-hybridized carbons (Fsp3) is 0.438. The van der Waals surface area contributed by atoms with E-state index in [1.807, 2.05) is 16.9 Å². The zero-order chi connectivity index (χ0) is 17.1. The molecule has 2 aromatic rings. The molecule has 1 aromatic carbocycles. The van der Waals surface area contributed by atoms with Crippen molar-refractivity contribution >= 4 is 11.4 Å². The third-order valence-electron chi connectivity index (χ3n) is 4.28. The molecule has 1 heterocycles. The lowest BCUT2D eigenvalue weighted by Crippen LogP contribution is -2.08. The van der Waals surface area contributed by atoms with Crippen LogP contribution >= 0.6 is 0 Å². The van der Waals surface area contributed by atoms with Gasteiger partial charge in [0.2, 0.25) is 5.82 Å². The summed E-state index contributed by atoms with van der Waals surface area (Å²) in [7, 11) is 1.38. The maximum atomic E-state index is 13.9. The maximum absolute atomic E-state index is 13.9. The number of methoxy groups -OCH3 is 1. The van der Waals surface area contributed by atoms with E-state index in [-0.39, 0.29) is 18.0 Å². The number of nitrogens with zero attached hydrogens (tertiary/aromatic N) is 3. The Morgan fingerprint density at radius 1 is 1.46 bits per heavy atom. The van der Waals surface area contributed by atoms with Gasteiger partial charge < -0.3 is 10.1 Å². The van der Waals surface area contributed by atoms with Crippen molar-refractivity contribution in [2.45, 2.75) is 38.3 Å². The third-order valence-corrected chi connectivity index (χ3v) is 4.28. The SMILES string of the molecule is COc1cc(F)c([N+](=O)[O-])c(NCc2ccn(C3CCCC3)n2)c1. The molecule has 0 atom stereocenters. The lowest BCUT2D eigenvalue weighted by Gasteiger charge is -2.10. The highest BCUT2D eigenvalue weighted by molar-refractivity contribution is 5.65. The van der Waals surface area contributed by atoms with E-state index in [2.05, 4.69) is 10.4 Å². The van der Waals surface area contributed by atoms with Gasteiger partial charge in [-0.05, 0) is 18.9 Å². The zero-order valence-electron chi connectivity index (χ0n) is 13.4. The van der Waals surface area contributed by atoms with Gasteiger partial charge in [0.1, 0.15) is 11.4 Å². The molecular formula is C16H19FN4O3. The van der Waals surface area contributed by atoms with Crippen LogP contribution in [-0.2, 0) is 6.54 Å². The molecule has 0 amide bonds. The molecule has 0 aliphatic heterocycles. The van der Waals surface area contributed by atoms with E-state index in [1.165, 1.54) is 26.0 Å². The molecule has 0 unspecified atom stereocenters. The Kier molecular flexibility index (Phi) is 4.64. The van der Waals surface area contributed by atoms with E-state index in [0.717, 1.165) is 24.6 Å². The highest BCUT2D eigenvalue weighted by Gasteiger charge is 2.22. The second-order valence-electron chi connectivity index (χ2n) is 5.84. The zero-order valence-corrected chi connectivity index (χ0v) is 13.4. The molecule has 0 spiro atoms. The first-order valence-corrected chi connectivity index (χ1v) is 7.88. The summed E-state index contributed by atoms with van der Waals surface area (Å²) in [4.78, 5) is 10.4. The molecule has 0 bridgehead atoms. The van der Waals surface area contributed by atoms with Crippen LogP contribution in [0.5, 0.6) is 5.75 Å². The molecule has 3 rings (SSSR count). The summed E-state index contributed by atoms with van der Waals surface area (Å²) in [6.07, 6.45) is 6.61. The first kappa shape index (κ1) is 16.2. The van der Waals surface area contributed by atoms with Crippen LogP contribution < -0.4 is 10.1 Å². The Morgan fingerprint density at radius 2 is 2.21 bits per heavy atom. The number of halogens is 1. The monoisotopic (exact) mass is 334 g/mol. The fourth-order valence-electron chi connectivity index (χ4n) is 3.04. The highest BCUT2D eigenvalue weighted by atomic mass is 19.1. The number of hydrogen-bond donors (Lipinski definition) is 1. The second kappa shape index (κ2) is 6.86. The van der Waals surface area contributed by atoms with Crippen LogP contribution in [0.15, 0.2) is 24.4 Å². The Labute approximate surface area is 138 Å². The lowest BCUT2D eigenvalue weighted by molar-refractivity contribution is -0.386. The summed E-state index contributed by atoms with van der Waals surface area (Å²) in [5.41, 5.74) is 0.234. The van der Waals surface area contributed by atoms with Crippen LogP contribution in [0.25, 0.3) is 0 Å². The van der Waals surface area contributed by atoms with E-state index in [1.54, 1.807) is 0 Å². The minimum Gasteiger partial charge on any atom is -0.497 e. The van der Waals surface area contributed by atoms with Crippen molar-refractivity contribution in [2.24, 2.45) is 0 Å². The van der Waals surface area contributed by atoms with Crippen molar-refractivity contribution in [1.29, 1.82) is 0 Å². The molecule has 24 heavy (non-hydrogen) atoms. The molecule has 0 radical (unpaired) electrons. The normalized spacial score (nSPS) is 14.8. The average Bonchev–Trinajstić information content (AvgIpc) is 3.22. The molecule has 1 saturated carbocycles. The lowest BCUT2D eigenvalue weighted by atomic mass is 10.2. The minimum atomic E-state index is -0.932. The van der Waals surface area contributed by atoms with Gasteiger partial charge in [0.25, 0.3) is 0 Å². The van der Waals surface area contributed by atoms with Crippen molar-refractivity contribution in [3.63, 3.8) is 0 Å². The van der Waals surface area contributed by atoms with E-state index in [9.17, 15) is 14.5 Å². The van der Waals surface area contributed by atoms with Gasteiger partial charge in [-0.3, -0.25) is 14.8 Å². The minimum absolute atomic E-state index is 0.0762. The smallest absolute Gasteiger partial charge is 0.327 e. The van der Waals surface area contributed by atoms with Gasteiger partial charge in [-0.25, -0.2) is 0 Å². The molecule has 1 aliphatic carbocycles. The number of rotatable bonds is 6. The van der Waals surface area contributed by atoms with Gasteiger partial charge in [-0.2, -0.15) is 9.49 Å². The van der Waals surface area contributed by atoms with Gasteiger partial charge in [0.15, 0.2) is 0 Å². The van der Waals surface area contributed by atoms with Crippen LogP contribution in [0.4, 0.5) is 15.8 Å². The van der Waals surface area contributed by atoms with Crippen LogP contribution in [0.1, 0.15) is 37.4 Å². The third kappa shape index (κ3) is 3.32. The predicted molar refractivity (Wildman–Crippen MR) is 86.7 cm³/mol. The summed E-state index contributed by atoms with van der Waals surface area (Å²) >= 11 is 0. The van der Waals surface area contributed by atoms with Crippen molar-refractivity contribution in [2.75, 3.05) is 12.4 Å². The molecule has 1 fully saturated rings. The van der Waals surface area contributed by atoms with Gasteiger partial charge in [-0.15, -0.1) is 0 Å². The number of anilines is 1. The summed E-state index contributed by atoms with van der Waals surface area (Å²) in [5.74, 6) is -0.713. The molecule has 0 saturated heterocycles. The number of nitro benzene ring substituents is 1. The van der Waals surface area contributed by atoms with E-state index >= 15 is 0 Å². The standard InChI is InChI=1S/C16H19FN4O3/c1-24-13-8-14(17)16(21(22)23)15(9-13)18-10-11-6-7-20(19-11)12-4-2-3-5-12/h6-9,12,18H,2-5,10H2,1H3. The van der Waals surface area contributed by atoms with E-state index < -0.39 is 16.4 Å². The van der Waals surface area contributed by atoms with Crippen molar-refractivity contribution in [3.05, 3.63) is 46.0 Å². The summed E-state index contributed by atoms with van der Waals surface area (Å²) in [5, 5.41) is 18.5. The molecular weight excluding hydrogens is 315 g/mol. The topological polar surface area (TPSA) is 82.2 Å². The Bertz CT molecular complexity index is 741. The summed E-state index contributed by atoms with van der Waals surface area (Å²) in [6.45, 7) is 0.271. The van der Waals surface area contributed by atoms with E-state index in [4.69, 9.17) is 4.74 Å². The van der Waals surface area contributed by atoms with Gasteiger partial charge in [0.05, 0.1) is 30.3 Å². The molecule has 1 N–H and O–H groups in total. The number of aromatic nitrogens is 2. The number of nitrogens with one attached hydrogen (secondary N) is 1. The predicted octanol–water partition coefficient (Wildman–Crippen LogP) is 3.67. The first-order chi connectivity index (χ1) is 11.6. The van der Waals surface area contributed by atoms with Crippen LogP contribution in [-0.4, -0.2) is 21.8 Å². The Balaban J connectivity index is 1.76. The summed E-state index contributed by atoms with van der Waals surface area (Å²) in [6, 6.07) is 4.71. The number of nitro groups is 1. The molecule has 8 heteroatoms. The molecule has 1 aliphatic rings. The van der Waals surface area contributed by atoms with Crippen LogP contribution in [0, 0.1) is 15.9 Å². The molecule has 7 nitrogen and oxygen atoms in total. The highest BCUT2D eigenvalue weighted by Crippen LogP contribution is 2.33. The largest absolute Gasteiger partial charge is 0.497 e. The molecule has 1 aromatic heterocycles. The average molecular weight is 334 g/mol. The van der Waals surface area contributed by atoms with Crippen LogP contribution in [0.2, 0.25) is 0 Å². The van der Waals surface area contributed by atoms with Crippen molar-refractivity contribution in [3.8, 4) is 5.75 Å². The van der Waals surface area contributed by atoms with Crippen molar-refractivity contribution in [1.82, 2.24) is 9.78 Å².